The lowest BCUT2D eigenvalue weighted by molar-refractivity contribution is 0.0660. The van der Waals surface area contributed by atoms with Crippen LogP contribution in [0.25, 0.3) is 0 Å². The highest BCUT2D eigenvalue weighted by Crippen LogP contribution is 2.20. The van der Waals surface area contributed by atoms with Crippen LogP contribution in [0.15, 0.2) is 0 Å². The van der Waals surface area contributed by atoms with Crippen LogP contribution in [0.5, 0.6) is 0 Å². The molecule has 0 saturated carbocycles. The highest BCUT2D eigenvalue weighted by atomic mass is 16.3. The Hall–Kier alpha value is -0.120. The number of hydrogen-bond acceptors (Lipinski definition) is 3. The molecule has 88 valence electrons. The highest BCUT2D eigenvalue weighted by Gasteiger charge is 2.23. The van der Waals surface area contributed by atoms with E-state index in [1.165, 1.54) is 38.8 Å². The van der Waals surface area contributed by atoms with Crippen molar-refractivity contribution >= 4 is 0 Å². The van der Waals surface area contributed by atoms with E-state index in [2.05, 4.69) is 10.2 Å². The lowest BCUT2D eigenvalue weighted by Gasteiger charge is -2.25. The Labute approximate surface area is 92.8 Å². The average molecular weight is 212 g/mol. The molecule has 2 atom stereocenters. The maximum atomic E-state index is 10.2. The van der Waals surface area contributed by atoms with Crippen LogP contribution in [-0.4, -0.2) is 48.8 Å². The van der Waals surface area contributed by atoms with Crippen molar-refractivity contribution in [2.75, 3.05) is 32.7 Å². The van der Waals surface area contributed by atoms with Crippen molar-refractivity contribution in [2.45, 2.75) is 38.2 Å². The number of β-amino-alcohol motifs (C(OH)–C–C–N with tert-alkyl or cyclic N) is 1. The van der Waals surface area contributed by atoms with Crippen LogP contribution in [-0.2, 0) is 0 Å². The fourth-order valence-corrected chi connectivity index (χ4v) is 2.81. The Bertz CT molecular complexity index is 172. The number of nitrogens with one attached hydrogen (secondary N) is 1. The molecule has 2 rings (SSSR count). The van der Waals surface area contributed by atoms with E-state index >= 15 is 0 Å². The minimum Gasteiger partial charge on any atom is -0.392 e. The van der Waals surface area contributed by atoms with E-state index in [-0.39, 0.29) is 6.10 Å². The van der Waals surface area contributed by atoms with Gasteiger partial charge in [-0.3, -0.25) is 0 Å². The summed E-state index contributed by atoms with van der Waals surface area (Å²) in [5.74, 6) is 0.528. The van der Waals surface area contributed by atoms with Crippen LogP contribution < -0.4 is 5.32 Å². The molecule has 0 spiro atoms. The third-order valence-electron chi connectivity index (χ3n) is 3.81. The molecule has 0 amide bonds. The Morgan fingerprint density at radius 1 is 1.13 bits per heavy atom. The van der Waals surface area contributed by atoms with Gasteiger partial charge in [0.2, 0.25) is 0 Å². The third-order valence-corrected chi connectivity index (χ3v) is 3.81. The summed E-state index contributed by atoms with van der Waals surface area (Å²) in [6.07, 6.45) is 6.11. The molecule has 0 radical (unpaired) electrons. The van der Waals surface area contributed by atoms with Gasteiger partial charge in [0.1, 0.15) is 0 Å². The van der Waals surface area contributed by atoms with Gasteiger partial charge in [-0.1, -0.05) is 0 Å². The van der Waals surface area contributed by atoms with Crippen molar-refractivity contribution in [3.05, 3.63) is 0 Å². The molecule has 3 nitrogen and oxygen atoms in total. The number of hydrogen-bond donors (Lipinski definition) is 2. The van der Waals surface area contributed by atoms with E-state index in [1.807, 2.05) is 0 Å². The van der Waals surface area contributed by atoms with Crippen molar-refractivity contribution in [2.24, 2.45) is 5.92 Å². The third kappa shape index (κ3) is 3.44. The Balaban J connectivity index is 1.74. The molecule has 0 aliphatic carbocycles. The van der Waals surface area contributed by atoms with E-state index in [9.17, 15) is 5.11 Å². The van der Waals surface area contributed by atoms with Gasteiger partial charge < -0.3 is 15.3 Å². The zero-order valence-corrected chi connectivity index (χ0v) is 9.62. The monoisotopic (exact) mass is 212 g/mol. The molecule has 2 fully saturated rings. The summed E-state index contributed by atoms with van der Waals surface area (Å²) < 4.78 is 0. The first kappa shape index (κ1) is 11.4. The van der Waals surface area contributed by atoms with Crippen molar-refractivity contribution < 1.29 is 5.11 Å². The molecule has 2 saturated heterocycles. The molecule has 0 aromatic rings. The first-order valence-electron chi connectivity index (χ1n) is 6.47. The number of rotatable bonds is 3. The lowest BCUT2D eigenvalue weighted by Crippen LogP contribution is -2.35. The molecule has 0 aromatic carbocycles. The van der Waals surface area contributed by atoms with Crippen LogP contribution in [0.2, 0.25) is 0 Å². The minimum atomic E-state index is -0.0944. The summed E-state index contributed by atoms with van der Waals surface area (Å²) in [6.45, 7) is 5.52. The van der Waals surface area contributed by atoms with E-state index in [0.29, 0.717) is 5.92 Å². The Kier molecular flexibility index (Phi) is 4.42. The second kappa shape index (κ2) is 5.83. The van der Waals surface area contributed by atoms with Crippen molar-refractivity contribution in [1.29, 1.82) is 0 Å². The minimum absolute atomic E-state index is 0.0944. The van der Waals surface area contributed by atoms with Crippen LogP contribution in [0.3, 0.4) is 0 Å². The van der Waals surface area contributed by atoms with Crippen LogP contribution in [0.1, 0.15) is 32.1 Å². The number of nitrogens with zero attached hydrogens (tertiary/aromatic N) is 1. The summed E-state index contributed by atoms with van der Waals surface area (Å²) >= 11 is 0. The van der Waals surface area contributed by atoms with E-state index < -0.39 is 0 Å². The summed E-state index contributed by atoms with van der Waals surface area (Å²) in [6, 6.07) is 0. The number of aliphatic hydroxyl groups excluding tert-OH is 1. The first-order chi connectivity index (χ1) is 7.36. The standard InChI is InChI=1S/C12H24N2O/c15-12(10-14-8-1-2-9-14)11-4-3-6-13-7-5-11/h11-13,15H,1-10H2. The van der Waals surface area contributed by atoms with Gasteiger partial charge in [0.05, 0.1) is 6.10 Å². The summed E-state index contributed by atoms with van der Waals surface area (Å²) in [5.41, 5.74) is 0. The molecular formula is C12H24N2O. The first-order valence-corrected chi connectivity index (χ1v) is 6.47. The second-order valence-corrected chi connectivity index (χ2v) is 5.02. The van der Waals surface area contributed by atoms with Gasteiger partial charge >= 0.3 is 0 Å². The van der Waals surface area contributed by atoms with E-state index in [0.717, 1.165) is 26.1 Å². The zero-order chi connectivity index (χ0) is 10.5. The molecule has 2 N–H and O–H groups in total. The van der Waals surface area contributed by atoms with Gasteiger partial charge in [0.25, 0.3) is 0 Å². The largest absolute Gasteiger partial charge is 0.392 e. The van der Waals surface area contributed by atoms with Gasteiger partial charge in [0, 0.05) is 6.54 Å². The van der Waals surface area contributed by atoms with Gasteiger partial charge in [-0.2, -0.15) is 0 Å². The number of aliphatic hydroxyl groups is 1. The predicted molar refractivity (Wildman–Crippen MR) is 61.9 cm³/mol. The second-order valence-electron chi connectivity index (χ2n) is 5.02. The Morgan fingerprint density at radius 2 is 1.93 bits per heavy atom. The van der Waals surface area contributed by atoms with Gasteiger partial charge in [-0.05, 0) is 64.2 Å². The quantitative estimate of drug-likeness (QED) is 0.727. The van der Waals surface area contributed by atoms with Crippen LogP contribution in [0.4, 0.5) is 0 Å². The van der Waals surface area contributed by atoms with Crippen LogP contribution in [0, 0.1) is 5.92 Å². The molecule has 0 aromatic heterocycles. The lowest BCUT2D eigenvalue weighted by atomic mass is 9.94. The number of likely N-dealkylation sites (tertiary alicyclic amines) is 1. The molecule has 2 aliphatic heterocycles. The smallest absolute Gasteiger partial charge is 0.0695 e. The van der Waals surface area contributed by atoms with Crippen molar-refractivity contribution in [1.82, 2.24) is 10.2 Å². The van der Waals surface area contributed by atoms with E-state index in [4.69, 9.17) is 0 Å². The summed E-state index contributed by atoms with van der Waals surface area (Å²) in [4.78, 5) is 2.42. The molecular weight excluding hydrogens is 188 g/mol. The summed E-state index contributed by atoms with van der Waals surface area (Å²) in [7, 11) is 0. The average Bonchev–Trinajstić information content (AvgIpc) is 2.58. The molecule has 0 bridgehead atoms. The van der Waals surface area contributed by atoms with Crippen LogP contribution >= 0.6 is 0 Å². The van der Waals surface area contributed by atoms with Crippen molar-refractivity contribution in [3.8, 4) is 0 Å². The maximum absolute atomic E-state index is 10.2. The fraction of sp³-hybridized carbons (Fsp3) is 1.00. The summed E-state index contributed by atoms with van der Waals surface area (Å²) in [5, 5.41) is 13.6. The van der Waals surface area contributed by atoms with Crippen molar-refractivity contribution in [3.63, 3.8) is 0 Å². The molecule has 2 heterocycles. The zero-order valence-electron chi connectivity index (χ0n) is 9.62. The van der Waals surface area contributed by atoms with Gasteiger partial charge in [-0.25, -0.2) is 0 Å². The van der Waals surface area contributed by atoms with Gasteiger partial charge in [-0.15, -0.1) is 0 Å². The molecule has 2 unspecified atom stereocenters. The highest BCUT2D eigenvalue weighted by molar-refractivity contribution is 4.78. The van der Waals surface area contributed by atoms with Gasteiger partial charge in [0.15, 0.2) is 0 Å². The SMILES string of the molecule is OC(CN1CCCC1)C1CCCNCC1. The topological polar surface area (TPSA) is 35.5 Å². The molecule has 3 heteroatoms. The predicted octanol–water partition coefficient (Wildman–Crippen LogP) is 0.833. The normalized spacial score (nSPS) is 31.4. The maximum Gasteiger partial charge on any atom is 0.0695 e. The Morgan fingerprint density at radius 3 is 2.73 bits per heavy atom. The van der Waals surface area contributed by atoms with E-state index in [1.54, 1.807) is 0 Å². The fourth-order valence-electron chi connectivity index (χ4n) is 2.81. The molecule has 2 aliphatic rings. The molecule has 15 heavy (non-hydrogen) atoms.